The molecular weight excluding hydrogens is 340 g/mol. The Morgan fingerprint density at radius 2 is 1.85 bits per heavy atom. The lowest BCUT2D eigenvalue weighted by molar-refractivity contribution is -0.123. The van der Waals surface area contributed by atoms with E-state index in [4.69, 9.17) is 15.5 Å². The number of aryl methyl sites for hydroxylation is 1. The molecule has 3 N–H and O–H groups in total. The van der Waals surface area contributed by atoms with Gasteiger partial charge in [0.25, 0.3) is 0 Å². The Morgan fingerprint density at radius 3 is 2.41 bits per heavy atom. The van der Waals surface area contributed by atoms with Crippen LogP contribution in [0.5, 0.6) is 0 Å². The normalized spacial score (nSPS) is 30.0. The summed E-state index contributed by atoms with van der Waals surface area (Å²) in [7, 11) is 0. The second-order valence-corrected chi connectivity index (χ2v) is 8.41. The summed E-state index contributed by atoms with van der Waals surface area (Å²) in [5.41, 5.74) is 7.61. The van der Waals surface area contributed by atoms with E-state index in [9.17, 15) is 4.79 Å². The molecule has 2 aliphatic rings. The zero-order valence-electron chi connectivity index (χ0n) is 17.1. The molecule has 2 fully saturated rings. The summed E-state index contributed by atoms with van der Waals surface area (Å²) in [6.45, 7) is 10.0. The third-order valence-corrected chi connectivity index (χ3v) is 6.10. The maximum absolute atomic E-state index is 11.4. The van der Waals surface area contributed by atoms with Crippen molar-refractivity contribution in [2.45, 2.75) is 71.6 Å². The minimum absolute atomic E-state index is 0.0214. The molecule has 1 aromatic heterocycles. The van der Waals surface area contributed by atoms with Crippen LogP contribution < -0.4 is 16.0 Å². The molecule has 27 heavy (non-hydrogen) atoms. The van der Waals surface area contributed by atoms with Crippen molar-refractivity contribution in [3.05, 3.63) is 17.8 Å². The minimum atomic E-state index is -0.172. The van der Waals surface area contributed by atoms with Gasteiger partial charge < -0.3 is 20.7 Å². The van der Waals surface area contributed by atoms with E-state index in [2.05, 4.69) is 43.1 Å². The zero-order valence-corrected chi connectivity index (χ0v) is 17.1. The maximum Gasteiger partial charge on any atom is 0.220 e. The van der Waals surface area contributed by atoms with Gasteiger partial charge in [-0.25, -0.2) is 4.98 Å². The Morgan fingerprint density at radius 1 is 1.22 bits per heavy atom. The molecule has 6 nitrogen and oxygen atoms in total. The third-order valence-electron chi connectivity index (χ3n) is 6.10. The fourth-order valence-corrected chi connectivity index (χ4v) is 4.46. The first-order valence-electron chi connectivity index (χ1n) is 10.3. The Kier molecular flexibility index (Phi) is 6.25. The fourth-order valence-electron chi connectivity index (χ4n) is 4.46. The molecule has 3 rings (SSSR count). The minimum Gasteiger partial charge on any atom is -0.381 e. The van der Waals surface area contributed by atoms with Crippen LogP contribution in [0.2, 0.25) is 0 Å². The van der Waals surface area contributed by atoms with Crippen LogP contribution in [-0.4, -0.2) is 42.2 Å². The summed E-state index contributed by atoms with van der Waals surface area (Å²) in [5, 5.41) is 3.66. The standard InChI is InChI=1S/C21H34N4O2/c1-13-11-25(12-14(2)27-13)20-10-9-19(16(4)23-20)24-18-7-5-17(6-8-18)15(3)21(22)26/h9-10,13-15,17-18,24H,5-8,11-12H2,1-4H3,(H2,22,26). The zero-order chi connectivity index (χ0) is 19.6. The maximum atomic E-state index is 11.4. The van der Waals surface area contributed by atoms with Gasteiger partial charge in [0.1, 0.15) is 5.82 Å². The van der Waals surface area contributed by atoms with Crippen LogP contribution in [0.25, 0.3) is 0 Å². The van der Waals surface area contributed by atoms with Crippen molar-refractivity contribution in [3.8, 4) is 0 Å². The van der Waals surface area contributed by atoms with Gasteiger partial charge in [-0.15, -0.1) is 0 Å². The van der Waals surface area contributed by atoms with Gasteiger partial charge in [0, 0.05) is 25.0 Å². The Hall–Kier alpha value is -1.82. The number of anilines is 2. The molecule has 1 saturated carbocycles. The molecule has 0 bridgehead atoms. The van der Waals surface area contributed by atoms with E-state index in [1.807, 2.05) is 6.92 Å². The predicted molar refractivity (Wildman–Crippen MR) is 109 cm³/mol. The van der Waals surface area contributed by atoms with Gasteiger partial charge in [0.2, 0.25) is 5.91 Å². The lowest BCUT2D eigenvalue weighted by atomic mass is 9.78. The van der Waals surface area contributed by atoms with Gasteiger partial charge in [-0.1, -0.05) is 6.92 Å². The molecule has 1 amide bonds. The monoisotopic (exact) mass is 374 g/mol. The van der Waals surface area contributed by atoms with E-state index >= 15 is 0 Å². The Labute approximate surface area is 162 Å². The second kappa shape index (κ2) is 8.46. The summed E-state index contributed by atoms with van der Waals surface area (Å²) in [6, 6.07) is 4.71. The lowest BCUT2D eigenvalue weighted by Crippen LogP contribution is -2.45. The van der Waals surface area contributed by atoms with E-state index in [1.165, 1.54) is 0 Å². The topological polar surface area (TPSA) is 80.5 Å². The number of primary amides is 1. The first kappa shape index (κ1) is 19.9. The van der Waals surface area contributed by atoms with E-state index in [0.717, 1.165) is 56.0 Å². The molecule has 1 saturated heterocycles. The number of aromatic nitrogens is 1. The molecule has 2 heterocycles. The van der Waals surface area contributed by atoms with Crippen LogP contribution in [0.15, 0.2) is 12.1 Å². The number of hydrogen-bond donors (Lipinski definition) is 2. The second-order valence-electron chi connectivity index (χ2n) is 8.41. The molecule has 1 aliphatic heterocycles. The number of pyridine rings is 1. The van der Waals surface area contributed by atoms with Crippen molar-refractivity contribution in [1.29, 1.82) is 0 Å². The van der Waals surface area contributed by atoms with Gasteiger partial charge in [0.05, 0.1) is 23.6 Å². The van der Waals surface area contributed by atoms with Gasteiger partial charge >= 0.3 is 0 Å². The van der Waals surface area contributed by atoms with E-state index < -0.39 is 0 Å². The van der Waals surface area contributed by atoms with Gasteiger partial charge in [-0.2, -0.15) is 0 Å². The highest BCUT2D eigenvalue weighted by molar-refractivity contribution is 5.76. The van der Waals surface area contributed by atoms with Crippen molar-refractivity contribution in [2.75, 3.05) is 23.3 Å². The summed E-state index contributed by atoms with van der Waals surface area (Å²) in [6.07, 6.45) is 4.70. The van der Waals surface area contributed by atoms with E-state index in [1.54, 1.807) is 0 Å². The molecule has 1 aromatic rings. The van der Waals surface area contributed by atoms with Gasteiger partial charge in [-0.3, -0.25) is 4.79 Å². The molecule has 3 atom stereocenters. The quantitative estimate of drug-likeness (QED) is 0.828. The molecule has 0 radical (unpaired) electrons. The smallest absolute Gasteiger partial charge is 0.220 e. The molecule has 0 aromatic carbocycles. The average molecular weight is 375 g/mol. The predicted octanol–water partition coefficient (Wildman–Crippen LogP) is 3.10. The SMILES string of the molecule is Cc1nc(N2CC(C)OC(C)C2)ccc1NC1CCC(C(C)C(N)=O)CC1. The average Bonchev–Trinajstić information content (AvgIpc) is 2.62. The van der Waals surface area contributed by atoms with E-state index in [0.29, 0.717) is 12.0 Å². The number of amides is 1. The molecule has 6 heteroatoms. The number of morpholine rings is 1. The Balaban J connectivity index is 1.58. The highest BCUT2D eigenvalue weighted by Gasteiger charge is 2.28. The van der Waals surface area contributed by atoms with Crippen LogP contribution >= 0.6 is 0 Å². The number of hydrogen-bond acceptors (Lipinski definition) is 5. The number of nitrogens with two attached hydrogens (primary N) is 1. The number of carbonyl (C=O) groups excluding carboxylic acids is 1. The number of ether oxygens (including phenoxy) is 1. The molecular formula is C21H34N4O2. The molecule has 0 spiro atoms. The van der Waals surface area contributed by atoms with Crippen molar-refractivity contribution in [3.63, 3.8) is 0 Å². The highest BCUT2D eigenvalue weighted by atomic mass is 16.5. The first-order chi connectivity index (χ1) is 12.8. The van der Waals surface area contributed by atoms with Crippen molar-refractivity contribution in [1.82, 2.24) is 4.98 Å². The molecule has 150 valence electrons. The third kappa shape index (κ3) is 4.92. The largest absolute Gasteiger partial charge is 0.381 e. The number of rotatable bonds is 5. The number of carbonyl (C=O) groups is 1. The first-order valence-corrected chi connectivity index (χ1v) is 10.3. The van der Waals surface area contributed by atoms with Crippen LogP contribution in [0.3, 0.4) is 0 Å². The Bertz CT molecular complexity index is 648. The summed E-state index contributed by atoms with van der Waals surface area (Å²) in [5.74, 6) is 1.26. The fraction of sp³-hybridized carbons (Fsp3) is 0.714. The summed E-state index contributed by atoms with van der Waals surface area (Å²) in [4.78, 5) is 18.6. The van der Waals surface area contributed by atoms with Crippen molar-refractivity contribution in [2.24, 2.45) is 17.6 Å². The summed E-state index contributed by atoms with van der Waals surface area (Å²) >= 11 is 0. The van der Waals surface area contributed by atoms with Crippen LogP contribution in [0, 0.1) is 18.8 Å². The van der Waals surface area contributed by atoms with Gasteiger partial charge in [0.15, 0.2) is 0 Å². The molecule has 1 aliphatic carbocycles. The van der Waals surface area contributed by atoms with Gasteiger partial charge in [-0.05, 0) is 64.5 Å². The number of nitrogens with one attached hydrogen (secondary N) is 1. The van der Waals surface area contributed by atoms with Crippen LogP contribution in [0.4, 0.5) is 11.5 Å². The van der Waals surface area contributed by atoms with E-state index in [-0.39, 0.29) is 24.0 Å². The summed E-state index contributed by atoms with van der Waals surface area (Å²) < 4.78 is 5.82. The van der Waals surface area contributed by atoms with Crippen molar-refractivity contribution < 1.29 is 9.53 Å². The molecule has 3 unspecified atom stereocenters. The highest BCUT2D eigenvalue weighted by Crippen LogP contribution is 2.32. The number of nitrogens with zero attached hydrogens (tertiary/aromatic N) is 2. The lowest BCUT2D eigenvalue weighted by Gasteiger charge is -2.36. The van der Waals surface area contributed by atoms with Crippen LogP contribution in [0.1, 0.15) is 52.1 Å². The van der Waals surface area contributed by atoms with Crippen molar-refractivity contribution >= 4 is 17.4 Å². The van der Waals surface area contributed by atoms with Crippen LogP contribution in [-0.2, 0) is 9.53 Å².